The first-order valence-corrected chi connectivity index (χ1v) is 8.40. The minimum atomic E-state index is 0.0157. The van der Waals surface area contributed by atoms with E-state index in [-0.39, 0.29) is 12.2 Å². The highest BCUT2D eigenvalue weighted by Crippen LogP contribution is 2.15. The second kappa shape index (κ2) is 9.85. The molecule has 1 aromatic rings. The lowest BCUT2D eigenvalue weighted by atomic mass is 10.0. The number of benzene rings is 1. The molecule has 3 unspecified atom stereocenters. The molecule has 1 aliphatic heterocycles. The van der Waals surface area contributed by atoms with E-state index in [1.54, 1.807) is 14.2 Å². The van der Waals surface area contributed by atoms with E-state index in [2.05, 4.69) is 35.4 Å². The molecule has 0 saturated carbocycles. The number of ether oxygens (including phenoxy) is 2. The van der Waals surface area contributed by atoms with Crippen molar-refractivity contribution in [3.8, 4) is 0 Å². The van der Waals surface area contributed by atoms with Crippen LogP contribution in [0.1, 0.15) is 32.6 Å². The van der Waals surface area contributed by atoms with Crippen LogP contribution in [-0.4, -0.2) is 39.0 Å². The van der Waals surface area contributed by atoms with Crippen molar-refractivity contribution in [1.82, 2.24) is 16.4 Å². The summed E-state index contributed by atoms with van der Waals surface area (Å²) in [6.07, 6.45) is 4.57. The average molecular weight is 322 g/mol. The highest BCUT2D eigenvalue weighted by Gasteiger charge is 2.22. The number of rotatable bonds is 3. The van der Waals surface area contributed by atoms with Crippen LogP contribution in [0.5, 0.6) is 0 Å². The summed E-state index contributed by atoms with van der Waals surface area (Å²) in [7, 11) is 3.50. The lowest BCUT2D eigenvalue weighted by Crippen LogP contribution is -2.59. The van der Waals surface area contributed by atoms with Crippen molar-refractivity contribution >= 4 is 5.69 Å². The molecule has 0 radical (unpaired) electrons. The maximum absolute atomic E-state index is 5.61. The maximum Gasteiger partial charge on any atom is 0.0971 e. The van der Waals surface area contributed by atoms with E-state index in [0.717, 1.165) is 24.9 Å². The van der Waals surface area contributed by atoms with Crippen LogP contribution in [0.3, 0.4) is 0 Å². The third-order valence-corrected chi connectivity index (χ3v) is 4.25. The van der Waals surface area contributed by atoms with Crippen LogP contribution in [0, 0.1) is 0 Å². The van der Waals surface area contributed by atoms with Crippen LogP contribution >= 0.6 is 0 Å². The number of hydrazine groups is 3. The Labute approximate surface area is 139 Å². The predicted molar refractivity (Wildman–Crippen MR) is 92.7 cm³/mol. The number of methoxy groups -OCH3 is 2. The van der Waals surface area contributed by atoms with Gasteiger partial charge in [0.1, 0.15) is 0 Å². The molecule has 6 heteroatoms. The Bertz CT molecular complexity index is 432. The molecule has 1 saturated heterocycles. The van der Waals surface area contributed by atoms with Crippen molar-refractivity contribution in [3.05, 3.63) is 30.3 Å². The van der Waals surface area contributed by atoms with Crippen molar-refractivity contribution < 1.29 is 9.47 Å². The molecular weight excluding hydrogens is 292 g/mol. The second-order valence-electron chi connectivity index (χ2n) is 6.03. The standard InChI is InChI=1S/C17H30N4O2/c1-14-9-7-8-12-16(22-2)17(23-3)13-18-20-21(19-14)15-10-5-4-6-11-15/h4-6,10-11,14,16-20H,7-9,12-13H2,1-3H3. The van der Waals surface area contributed by atoms with Gasteiger partial charge >= 0.3 is 0 Å². The molecule has 0 amide bonds. The Kier molecular flexibility index (Phi) is 7.78. The van der Waals surface area contributed by atoms with Crippen LogP contribution < -0.4 is 21.5 Å². The average Bonchev–Trinajstić information content (AvgIpc) is 2.58. The third kappa shape index (κ3) is 5.75. The summed E-state index contributed by atoms with van der Waals surface area (Å²) in [5, 5.41) is 1.93. The molecule has 1 heterocycles. The summed E-state index contributed by atoms with van der Waals surface area (Å²) in [5.74, 6) is 0. The van der Waals surface area contributed by atoms with Gasteiger partial charge in [-0.3, -0.25) is 0 Å². The molecule has 3 atom stereocenters. The van der Waals surface area contributed by atoms with E-state index in [1.807, 2.05) is 23.3 Å². The van der Waals surface area contributed by atoms with Gasteiger partial charge in [-0.15, -0.1) is 0 Å². The minimum Gasteiger partial charge on any atom is -0.379 e. The van der Waals surface area contributed by atoms with Gasteiger partial charge in [0, 0.05) is 26.8 Å². The van der Waals surface area contributed by atoms with Gasteiger partial charge < -0.3 is 9.47 Å². The first-order valence-electron chi connectivity index (χ1n) is 8.40. The summed E-state index contributed by atoms with van der Waals surface area (Å²) < 4.78 is 11.2. The molecule has 0 aromatic heterocycles. The van der Waals surface area contributed by atoms with E-state index in [9.17, 15) is 0 Å². The molecule has 2 rings (SSSR count). The molecule has 1 fully saturated rings. The summed E-state index contributed by atoms with van der Waals surface area (Å²) in [6.45, 7) is 2.86. The first kappa shape index (κ1) is 18.2. The predicted octanol–water partition coefficient (Wildman–Crippen LogP) is 2.00. The van der Waals surface area contributed by atoms with Gasteiger partial charge in [0.25, 0.3) is 0 Å². The summed E-state index contributed by atoms with van der Waals surface area (Å²) >= 11 is 0. The van der Waals surface area contributed by atoms with E-state index >= 15 is 0 Å². The fourth-order valence-electron chi connectivity index (χ4n) is 2.88. The highest BCUT2D eigenvalue weighted by atomic mass is 16.5. The van der Waals surface area contributed by atoms with Gasteiger partial charge in [0.2, 0.25) is 0 Å². The van der Waals surface area contributed by atoms with E-state index in [0.29, 0.717) is 12.6 Å². The van der Waals surface area contributed by atoms with Gasteiger partial charge in [-0.2, -0.15) is 5.53 Å². The number of nitrogens with zero attached hydrogens (tertiary/aromatic N) is 1. The Balaban J connectivity index is 2.05. The van der Waals surface area contributed by atoms with Gasteiger partial charge in [-0.05, 0) is 31.9 Å². The molecule has 0 bridgehead atoms. The topological polar surface area (TPSA) is 57.8 Å². The van der Waals surface area contributed by atoms with Crippen LogP contribution in [0.25, 0.3) is 0 Å². The number of anilines is 1. The summed E-state index contributed by atoms with van der Waals surface area (Å²) in [5.41, 5.74) is 11.0. The number of hydrogen-bond acceptors (Lipinski definition) is 6. The monoisotopic (exact) mass is 322 g/mol. The van der Waals surface area contributed by atoms with Crippen LogP contribution in [-0.2, 0) is 9.47 Å². The lowest BCUT2D eigenvalue weighted by Gasteiger charge is -2.32. The fraction of sp³-hybridized carbons (Fsp3) is 0.647. The van der Waals surface area contributed by atoms with Gasteiger partial charge in [-0.25, -0.2) is 16.0 Å². The van der Waals surface area contributed by atoms with E-state index in [4.69, 9.17) is 9.47 Å². The van der Waals surface area contributed by atoms with Gasteiger partial charge in [0.15, 0.2) is 0 Å². The second-order valence-corrected chi connectivity index (χ2v) is 6.03. The molecular formula is C17H30N4O2. The fourth-order valence-corrected chi connectivity index (χ4v) is 2.88. The van der Waals surface area contributed by atoms with E-state index in [1.165, 1.54) is 6.42 Å². The van der Waals surface area contributed by atoms with Crippen LogP contribution in [0.4, 0.5) is 5.69 Å². The Hall–Kier alpha value is -1.18. The maximum atomic E-state index is 5.61. The van der Waals surface area contributed by atoms with Crippen molar-refractivity contribution in [3.63, 3.8) is 0 Å². The van der Waals surface area contributed by atoms with Crippen molar-refractivity contribution in [1.29, 1.82) is 0 Å². The SMILES string of the molecule is COC1CCCCC(C)NN(c2ccccc2)NNCC1OC. The molecule has 1 aromatic carbocycles. The molecule has 3 N–H and O–H groups in total. The quantitative estimate of drug-likeness (QED) is 0.791. The largest absolute Gasteiger partial charge is 0.379 e. The van der Waals surface area contributed by atoms with E-state index < -0.39 is 0 Å². The third-order valence-electron chi connectivity index (χ3n) is 4.25. The smallest absolute Gasteiger partial charge is 0.0971 e. The molecule has 0 aliphatic carbocycles. The molecule has 130 valence electrons. The zero-order chi connectivity index (χ0) is 16.5. The zero-order valence-corrected chi connectivity index (χ0v) is 14.4. The lowest BCUT2D eigenvalue weighted by molar-refractivity contribution is -0.0412. The van der Waals surface area contributed by atoms with Gasteiger partial charge in [-0.1, -0.05) is 31.0 Å². The Morgan fingerprint density at radius 3 is 2.39 bits per heavy atom. The van der Waals surface area contributed by atoms with Crippen LogP contribution in [0.15, 0.2) is 30.3 Å². The summed E-state index contributed by atoms with van der Waals surface area (Å²) in [4.78, 5) is 0. The molecule has 1 aliphatic rings. The zero-order valence-electron chi connectivity index (χ0n) is 14.4. The Morgan fingerprint density at radius 1 is 1.00 bits per heavy atom. The first-order chi connectivity index (χ1) is 11.2. The van der Waals surface area contributed by atoms with Crippen LogP contribution in [0.2, 0.25) is 0 Å². The van der Waals surface area contributed by atoms with Gasteiger partial charge in [0.05, 0.1) is 17.9 Å². The van der Waals surface area contributed by atoms with Crippen molar-refractivity contribution in [2.45, 2.75) is 50.9 Å². The minimum absolute atomic E-state index is 0.0157. The molecule has 0 spiro atoms. The number of nitrogens with one attached hydrogen (secondary N) is 3. The van der Waals surface area contributed by atoms with Crippen molar-refractivity contribution in [2.75, 3.05) is 25.9 Å². The van der Waals surface area contributed by atoms with Crippen molar-refractivity contribution in [2.24, 2.45) is 0 Å². The highest BCUT2D eigenvalue weighted by molar-refractivity contribution is 5.43. The molecule has 23 heavy (non-hydrogen) atoms. The number of para-hydroxylation sites is 1. The Morgan fingerprint density at radius 2 is 1.70 bits per heavy atom. The normalized spacial score (nSPS) is 28.0. The molecule has 6 nitrogen and oxygen atoms in total. The summed E-state index contributed by atoms with van der Waals surface area (Å²) in [6, 6.07) is 10.6. The number of hydrogen-bond donors (Lipinski definition) is 3.